The molecular formula is C46H52F2N10O6. The number of para-hydroxylation sites is 1. The second kappa shape index (κ2) is 17.3. The van der Waals surface area contributed by atoms with Gasteiger partial charge in [0.05, 0.1) is 60.3 Å². The zero-order chi connectivity index (χ0) is 44.2. The lowest BCUT2D eigenvalue weighted by molar-refractivity contribution is -0.139. The Morgan fingerprint density at radius 3 is 2.61 bits per heavy atom. The van der Waals surface area contributed by atoms with E-state index in [0.29, 0.717) is 35.8 Å². The van der Waals surface area contributed by atoms with Crippen LogP contribution in [-0.4, -0.2) is 117 Å². The number of aromatic nitrogens is 5. The number of amides is 4. The summed E-state index contributed by atoms with van der Waals surface area (Å²) in [4.78, 5) is 62.3. The molecule has 3 aromatic heterocycles. The number of alkyl halides is 2. The van der Waals surface area contributed by atoms with Crippen LogP contribution in [0.25, 0.3) is 5.65 Å². The molecule has 336 valence electrons. The van der Waals surface area contributed by atoms with E-state index in [2.05, 4.69) is 42.5 Å². The van der Waals surface area contributed by atoms with Crippen molar-refractivity contribution in [2.75, 3.05) is 55.0 Å². The number of ether oxygens (including phenoxy) is 2. The van der Waals surface area contributed by atoms with E-state index in [1.807, 2.05) is 31.2 Å². The van der Waals surface area contributed by atoms with Gasteiger partial charge < -0.3 is 29.5 Å². The van der Waals surface area contributed by atoms with Crippen LogP contribution < -0.4 is 20.4 Å². The van der Waals surface area contributed by atoms with Crippen LogP contribution in [-0.2, 0) is 23.9 Å². The van der Waals surface area contributed by atoms with E-state index >= 15 is 0 Å². The summed E-state index contributed by atoms with van der Waals surface area (Å²) in [5, 5.41) is 13.7. The number of likely N-dealkylation sites (tertiary alicyclic amines) is 1. The molecule has 18 heteroatoms. The molecule has 6 aliphatic rings. The number of imide groups is 1. The van der Waals surface area contributed by atoms with Crippen molar-refractivity contribution in [2.45, 2.75) is 107 Å². The third kappa shape index (κ3) is 8.13. The van der Waals surface area contributed by atoms with Gasteiger partial charge in [-0.25, -0.2) is 18.3 Å². The monoisotopic (exact) mass is 878 g/mol. The van der Waals surface area contributed by atoms with Crippen LogP contribution in [0.2, 0.25) is 0 Å². The fraction of sp³-hybridized carbons (Fsp3) is 0.543. The van der Waals surface area contributed by atoms with Gasteiger partial charge in [0.2, 0.25) is 17.7 Å². The van der Waals surface area contributed by atoms with Crippen molar-refractivity contribution in [2.24, 2.45) is 11.8 Å². The fourth-order valence-corrected chi connectivity index (χ4v) is 10.7. The highest BCUT2D eigenvalue weighted by Gasteiger charge is 2.46. The number of nitrogens with one attached hydrogen (secondary N) is 2. The Bertz CT molecular complexity index is 2540. The maximum atomic E-state index is 14.3. The van der Waals surface area contributed by atoms with Gasteiger partial charge in [-0.15, -0.1) is 0 Å². The first-order valence-electron chi connectivity index (χ1n) is 22.5. The minimum Gasteiger partial charge on any atom is -0.374 e. The van der Waals surface area contributed by atoms with Crippen molar-refractivity contribution in [3.8, 4) is 11.8 Å². The maximum Gasteiger partial charge on any atom is 0.284 e. The molecule has 1 saturated carbocycles. The van der Waals surface area contributed by atoms with E-state index in [1.54, 1.807) is 22.8 Å². The molecule has 5 fully saturated rings. The van der Waals surface area contributed by atoms with Gasteiger partial charge in [0.1, 0.15) is 17.5 Å². The van der Waals surface area contributed by atoms with Gasteiger partial charge in [-0.3, -0.25) is 29.2 Å². The number of hydrogen-bond donors (Lipinski definition) is 2. The summed E-state index contributed by atoms with van der Waals surface area (Å²) in [6, 6.07) is 7.65. The van der Waals surface area contributed by atoms with Gasteiger partial charge in [0.25, 0.3) is 12.3 Å². The van der Waals surface area contributed by atoms with Crippen molar-refractivity contribution < 1.29 is 37.4 Å². The van der Waals surface area contributed by atoms with Gasteiger partial charge in [0.15, 0.2) is 11.3 Å². The number of likely N-dealkylation sites (N-methyl/N-ethyl adjacent to an activating group) is 1. The summed E-state index contributed by atoms with van der Waals surface area (Å²) in [5.74, 6) is 4.98. The molecule has 64 heavy (non-hydrogen) atoms. The van der Waals surface area contributed by atoms with E-state index in [1.165, 1.54) is 16.9 Å². The van der Waals surface area contributed by atoms with E-state index in [0.717, 1.165) is 82.5 Å². The number of piperidine rings is 2. The molecule has 2 N–H and O–H groups in total. The Morgan fingerprint density at radius 1 is 1.06 bits per heavy atom. The molecule has 8 heterocycles. The lowest BCUT2D eigenvalue weighted by Gasteiger charge is -2.36. The van der Waals surface area contributed by atoms with E-state index in [4.69, 9.17) is 14.5 Å². The molecular weight excluding hydrogens is 827 g/mol. The van der Waals surface area contributed by atoms with Gasteiger partial charge in [-0.1, -0.05) is 24.0 Å². The highest BCUT2D eigenvalue weighted by atomic mass is 19.3. The summed E-state index contributed by atoms with van der Waals surface area (Å²) in [7, 11) is 1.70. The number of rotatable bonds is 10. The highest BCUT2D eigenvalue weighted by Crippen LogP contribution is 2.45. The Labute approximate surface area is 369 Å². The number of morpholine rings is 1. The highest BCUT2D eigenvalue weighted by molar-refractivity contribution is 6.10. The first-order valence-corrected chi connectivity index (χ1v) is 22.5. The van der Waals surface area contributed by atoms with Crippen LogP contribution in [0.3, 0.4) is 0 Å². The molecule has 1 aliphatic carbocycles. The second-order valence-corrected chi connectivity index (χ2v) is 18.2. The number of halogens is 2. The van der Waals surface area contributed by atoms with Crippen LogP contribution in [0.4, 0.5) is 26.0 Å². The molecule has 0 spiro atoms. The number of benzene rings is 1. The van der Waals surface area contributed by atoms with Crippen LogP contribution in [0.5, 0.6) is 0 Å². The molecule has 5 aliphatic heterocycles. The summed E-state index contributed by atoms with van der Waals surface area (Å²) in [6.07, 6.45) is 8.49. The second-order valence-electron chi connectivity index (χ2n) is 18.2. The topological polar surface area (TPSA) is 169 Å². The maximum absolute atomic E-state index is 14.3. The van der Waals surface area contributed by atoms with E-state index < -0.39 is 35.8 Å². The third-order valence-corrected chi connectivity index (χ3v) is 14.1. The molecule has 0 radical (unpaired) electrons. The third-order valence-electron chi connectivity index (χ3n) is 14.1. The Hall–Kier alpha value is -5.77. The normalized spacial score (nSPS) is 26.7. The minimum atomic E-state index is -2.86. The smallest absolute Gasteiger partial charge is 0.284 e. The molecule has 4 aromatic rings. The van der Waals surface area contributed by atoms with E-state index in [9.17, 15) is 28.0 Å². The number of anilines is 3. The molecule has 10 rings (SSSR count). The first-order chi connectivity index (χ1) is 31.0. The lowest BCUT2D eigenvalue weighted by Crippen LogP contribution is -2.44. The molecule has 2 bridgehead atoms. The van der Waals surface area contributed by atoms with Crippen molar-refractivity contribution in [1.82, 2.24) is 34.6 Å². The first kappa shape index (κ1) is 42.2. The number of fused-ring (bicyclic) bond motifs is 4. The summed E-state index contributed by atoms with van der Waals surface area (Å²) in [5.41, 5.74) is 2.24. The number of carbonyl (C=O) groups excluding carboxylic acids is 4. The molecule has 4 saturated heterocycles. The number of nitrogens with zero attached hydrogens (tertiary/aromatic N) is 8. The van der Waals surface area contributed by atoms with Crippen molar-refractivity contribution in [3.63, 3.8) is 0 Å². The summed E-state index contributed by atoms with van der Waals surface area (Å²) >= 11 is 0. The summed E-state index contributed by atoms with van der Waals surface area (Å²) in [6.45, 7) is 6.09. The van der Waals surface area contributed by atoms with Crippen LogP contribution in [0.1, 0.15) is 110 Å². The van der Waals surface area contributed by atoms with Gasteiger partial charge >= 0.3 is 0 Å². The predicted octanol–water partition coefficient (Wildman–Crippen LogP) is 4.86. The van der Waals surface area contributed by atoms with Crippen LogP contribution >= 0.6 is 0 Å². The van der Waals surface area contributed by atoms with Crippen LogP contribution in [0.15, 0.2) is 42.9 Å². The number of carbonyl (C=O) groups is 4. The summed E-state index contributed by atoms with van der Waals surface area (Å²) < 4.78 is 43.9. The standard InChI is InChI=1S/C46H52F2N10O6/c1-26(6-9-28-4-3-5-33-39(46(62)54(2)41(28)33)34-12-13-38(59)52-44(34)60)64-31-14-17-55(18-15-31)22-27-7-10-29(11-8-27)58-24-36(40(53-58)42(47)48)50-45(61)35-21-49-57-19-16-37(51-43(35)57)56-23-32-20-30(56)25-63-32/h3-5,16,19,21,24,26-27,29-32,34,39,42H,7-8,10-15,17-18,20,22-23,25H2,1-2H3,(H,50,61)(H,52,59,60)/t26-,27-,29-,30-,32-,34?,39?/m1/s1. The van der Waals surface area contributed by atoms with Crippen molar-refractivity contribution in [1.29, 1.82) is 0 Å². The van der Waals surface area contributed by atoms with Gasteiger partial charge in [-0.05, 0) is 81.9 Å². The zero-order valence-corrected chi connectivity index (χ0v) is 35.9. The molecule has 5 atom stereocenters. The SMILES string of the molecule is C[C@H](C#Cc1cccc2c1N(C)C(=O)C2C1CCC(=O)NC1=O)OC1CCN(C[C@H]2CC[C@H](n3cc(NC(=O)c4cnn5ccc(N6C[C@H]7C[C@@H]6CO7)nc45)c(C(F)F)n3)CC2)CC1. The van der Waals surface area contributed by atoms with Crippen LogP contribution in [0, 0.1) is 23.7 Å². The Balaban J connectivity index is 0.701. The quantitative estimate of drug-likeness (QED) is 0.165. The zero-order valence-electron chi connectivity index (χ0n) is 35.9. The van der Waals surface area contributed by atoms with Crippen molar-refractivity contribution in [3.05, 3.63) is 65.2 Å². The molecule has 16 nitrogen and oxygen atoms in total. The Morgan fingerprint density at radius 2 is 1.88 bits per heavy atom. The van der Waals surface area contributed by atoms with E-state index in [-0.39, 0.29) is 59.9 Å². The average molecular weight is 879 g/mol. The van der Waals surface area contributed by atoms with Gasteiger partial charge in [0, 0.05) is 57.6 Å². The fourth-order valence-electron chi connectivity index (χ4n) is 10.7. The largest absolute Gasteiger partial charge is 0.374 e. The lowest BCUT2D eigenvalue weighted by atomic mass is 9.81. The average Bonchev–Trinajstić information content (AvgIpc) is 4.14. The van der Waals surface area contributed by atoms with Crippen molar-refractivity contribution >= 4 is 46.5 Å². The van der Waals surface area contributed by atoms with Gasteiger partial charge in [-0.2, -0.15) is 10.2 Å². The molecule has 4 amide bonds. The number of hydrogen-bond acceptors (Lipinski definition) is 11. The molecule has 1 aromatic carbocycles. The molecule has 2 unspecified atom stereocenters. The Kier molecular flexibility index (Phi) is 11.4. The predicted molar refractivity (Wildman–Crippen MR) is 230 cm³/mol. The minimum absolute atomic E-state index is 0.00939.